The highest BCUT2D eigenvalue weighted by atomic mass is 19.4. The van der Waals surface area contributed by atoms with E-state index >= 15 is 0 Å². The summed E-state index contributed by atoms with van der Waals surface area (Å²) in [5, 5.41) is 8.98. The van der Waals surface area contributed by atoms with Crippen LogP contribution in [0.2, 0.25) is 0 Å². The van der Waals surface area contributed by atoms with Crippen LogP contribution in [-0.2, 0) is 6.18 Å². The van der Waals surface area contributed by atoms with Crippen molar-refractivity contribution in [1.82, 2.24) is 0 Å². The molecule has 0 N–H and O–H groups in total. The highest BCUT2D eigenvalue weighted by Gasteiger charge is 2.31. The molecule has 2 rings (SSSR count). The minimum atomic E-state index is -4.36. The van der Waals surface area contributed by atoms with Crippen LogP contribution in [0.15, 0.2) is 18.2 Å². The van der Waals surface area contributed by atoms with E-state index < -0.39 is 11.7 Å². The van der Waals surface area contributed by atoms with Gasteiger partial charge in [0.05, 0.1) is 16.8 Å². The Morgan fingerprint density at radius 3 is 2.33 bits per heavy atom. The van der Waals surface area contributed by atoms with Crippen molar-refractivity contribution < 1.29 is 13.2 Å². The van der Waals surface area contributed by atoms with Crippen LogP contribution in [0.25, 0.3) is 0 Å². The Labute approximate surface area is 104 Å². The topological polar surface area (TPSA) is 27.0 Å². The van der Waals surface area contributed by atoms with Crippen LogP contribution in [0.5, 0.6) is 0 Å². The lowest BCUT2D eigenvalue weighted by atomic mass is 10.1. The van der Waals surface area contributed by atoms with Crippen molar-refractivity contribution in [2.75, 3.05) is 18.0 Å². The van der Waals surface area contributed by atoms with Crippen LogP contribution in [0.1, 0.15) is 30.4 Å². The number of hydrogen-bond acceptors (Lipinski definition) is 2. The van der Waals surface area contributed by atoms with Gasteiger partial charge in [-0.05, 0) is 37.5 Å². The van der Waals surface area contributed by atoms with Gasteiger partial charge in [0.15, 0.2) is 0 Å². The summed E-state index contributed by atoms with van der Waals surface area (Å²) < 4.78 is 38.0. The zero-order valence-electron chi connectivity index (χ0n) is 9.80. The molecule has 0 spiro atoms. The number of piperidine rings is 1. The molecular formula is C13H13F3N2. The third kappa shape index (κ3) is 2.58. The van der Waals surface area contributed by atoms with Gasteiger partial charge in [-0.2, -0.15) is 18.4 Å². The largest absolute Gasteiger partial charge is 0.416 e. The molecule has 96 valence electrons. The molecule has 0 saturated carbocycles. The lowest BCUT2D eigenvalue weighted by molar-refractivity contribution is -0.137. The lowest BCUT2D eigenvalue weighted by Crippen LogP contribution is -2.30. The van der Waals surface area contributed by atoms with E-state index in [0.717, 1.165) is 44.5 Å². The maximum absolute atomic E-state index is 12.7. The molecular weight excluding hydrogens is 243 g/mol. The fourth-order valence-electron chi connectivity index (χ4n) is 2.20. The van der Waals surface area contributed by atoms with Gasteiger partial charge in [0, 0.05) is 13.1 Å². The molecule has 1 aliphatic heterocycles. The maximum Gasteiger partial charge on any atom is 0.416 e. The molecule has 1 aliphatic rings. The summed E-state index contributed by atoms with van der Waals surface area (Å²) >= 11 is 0. The second-order valence-electron chi connectivity index (χ2n) is 4.39. The monoisotopic (exact) mass is 256 g/mol. The first-order chi connectivity index (χ1) is 8.52. The van der Waals surface area contributed by atoms with Gasteiger partial charge in [-0.25, -0.2) is 0 Å². The van der Waals surface area contributed by atoms with Crippen molar-refractivity contribution in [1.29, 1.82) is 5.26 Å². The molecule has 5 heteroatoms. The van der Waals surface area contributed by atoms with E-state index in [2.05, 4.69) is 0 Å². The van der Waals surface area contributed by atoms with E-state index in [-0.39, 0.29) is 0 Å². The smallest absolute Gasteiger partial charge is 0.370 e. The maximum atomic E-state index is 12.7. The number of benzene rings is 1. The summed E-state index contributed by atoms with van der Waals surface area (Å²) in [6, 6.07) is 5.27. The number of nitriles is 1. The van der Waals surface area contributed by atoms with Crippen molar-refractivity contribution in [2.24, 2.45) is 0 Å². The predicted octanol–water partition coefficient (Wildman–Crippen LogP) is 3.57. The van der Waals surface area contributed by atoms with Gasteiger partial charge in [-0.15, -0.1) is 0 Å². The van der Waals surface area contributed by atoms with Crippen molar-refractivity contribution in [3.63, 3.8) is 0 Å². The van der Waals surface area contributed by atoms with Crippen LogP contribution in [0, 0.1) is 11.3 Å². The van der Waals surface area contributed by atoms with Crippen LogP contribution in [0.3, 0.4) is 0 Å². The van der Waals surface area contributed by atoms with Gasteiger partial charge in [-0.3, -0.25) is 0 Å². The Bertz CT molecular complexity index is 468. The standard InChI is InChI=1S/C13H13F3N2/c14-13(15,16)11-5-4-10(9-17)12(8-11)18-6-2-1-3-7-18/h4-5,8H,1-3,6-7H2/i9+2. The van der Waals surface area contributed by atoms with Crippen LogP contribution in [0.4, 0.5) is 18.9 Å². The van der Waals surface area contributed by atoms with Crippen molar-refractivity contribution in [2.45, 2.75) is 25.4 Å². The molecule has 0 aliphatic carbocycles. The fourth-order valence-corrected chi connectivity index (χ4v) is 2.20. The molecule has 18 heavy (non-hydrogen) atoms. The Balaban J connectivity index is 2.39. The number of nitrogens with zero attached hydrogens (tertiary/aromatic N) is 2. The normalized spacial score (nSPS) is 16.4. The highest BCUT2D eigenvalue weighted by Crippen LogP contribution is 2.34. The van der Waals surface area contributed by atoms with E-state index in [0.29, 0.717) is 11.3 Å². The van der Waals surface area contributed by atoms with Crippen molar-refractivity contribution in [3.05, 3.63) is 29.3 Å². The molecule has 1 aromatic rings. The molecule has 0 atom stereocenters. The predicted molar refractivity (Wildman–Crippen MR) is 62.2 cm³/mol. The van der Waals surface area contributed by atoms with Gasteiger partial charge < -0.3 is 4.90 Å². The molecule has 0 aromatic heterocycles. The quantitative estimate of drug-likeness (QED) is 0.768. The summed E-state index contributed by atoms with van der Waals surface area (Å²) in [4.78, 5) is 1.87. The lowest BCUT2D eigenvalue weighted by Gasteiger charge is -2.30. The molecule has 0 amide bonds. The Hall–Kier alpha value is -1.70. The molecule has 0 unspecified atom stereocenters. The van der Waals surface area contributed by atoms with Gasteiger partial charge in [0.1, 0.15) is 6.07 Å². The van der Waals surface area contributed by atoms with E-state index in [1.54, 1.807) is 0 Å². The summed E-state index contributed by atoms with van der Waals surface area (Å²) in [5.41, 5.74) is 0.0269. The first kappa shape index (κ1) is 12.7. The number of alkyl halides is 3. The van der Waals surface area contributed by atoms with Gasteiger partial charge >= 0.3 is 6.18 Å². The van der Waals surface area contributed by atoms with E-state index in [1.165, 1.54) is 6.07 Å². The first-order valence-corrected chi connectivity index (χ1v) is 5.88. The molecule has 1 fully saturated rings. The average Bonchev–Trinajstić information content (AvgIpc) is 2.38. The molecule has 1 heterocycles. The van der Waals surface area contributed by atoms with Crippen LogP contribution in [-0.4, -0.2) is 13.1 Å². The second-order valence-corrected chi connectivity index (χ2v) is 4.39. The summed E-state index contributed by atoms with van der Waals surface area (Å²) in [6.45, 7) is 1.44. The number of rotatable bonds is 1. The molecule has 0 bridgehead atoms. The van der Waals surface area contributed by atoms with Gasteiger partial charge in [0.25, 0.3) is 0 Å². The fraction of sp³-hybridized carbons (Fsp3) is 0.462. The third-order valence-corrected chi connectivity index (χ3v) is 3.14. The molecule has 0 radical (unpaired) electrons. The van der Waals surface area contributed by atoms with Crippen molar-refractivity contribution in [3.8, 4) is 6.07 Å². The van der Waals surface area contributed by atoms with Crippen LogP contribution < -0.4 is 4.90 Å². The first-order valence-electron chi connectivity index (χ1n) is 5.88. The zero-order valence-corrected chi connectivity index (χ0v) is 9.80. The number of halogens is 3. The van der Waals surface area contributed by atoms with E-state index in [4.69, 9.17) is 5.26 Å². The van der Waals surface area contributed by atoms with Crippen LogP contribution >= 0.6 is 0 Å². The Morgan fingerprint density at radius 1 is 1.11 bits per heavy atom. The van der Waals surface area contributed by atoms with E-state index in [9.17, 15) is 13.2 Å². The molecule has 1 aromatic carbocycles. The van der Waals surface area contributed by atoms with E-state index in [1.807, 2.05) is 11.0 Å². The Morgan fingerprint density at radius 2 is 1.78 bits per heavy atom. The summed E-state index contributed by atoms with van der Waals surface area (Å²) in [5.74, 6) is 0. The molecule has 1 saturated heterocycles. The SMILES string of the molecule is N#[14C]c1ccc(C(F)(F)F)cc1N1CCCCC1. The Kier molecular flexibility index (Phi) is 3.46. The number of hydrogen-bond donors (Lipinski definition) is 0. The zero-order chi connectivity index (χ0) is 13.2. The van der Waals surface area contributed by atoms with Gasteiger partial charge in [0.2, 0.25) is 0 Å². The second kappa shape index (κ2) is 4.89. The minimum Gasteiger partial charge on any atom is -0.370 e. The number of anilines is 1. The molecule has 2 nitrogen and oxygen atoms in total. The highest BCUT2D eigenvalue weighted by molar-refractivity contribution is 5.61. The summed E-state index contributed by atoms with van der Waals surface area (Å²) in [7, 11) is 0. The van der Waals surface area contributed by atoms with Crippen molar-refractivity contribution >= 4 is 5.69 Å². The summed E-state index contributed by atoms with van der Waals surface area (Å²) in [6.07, 6.45) is -1.35. The minimum absolute atomic E-state index is 0.310. The third-order valence-electron chi connectivity index (χ3n) is 3.14. The average molecular weight is 256 g/mol. The van der Waals surface area contributed by atoms with Gasteiger partial charge in [-0.1, -0.05) is 0 Å².